The van der Waals surface area contributed by atoms with Crippen LogP contribution >= 0.6 is 0 Å². The number of rotatable bonds is 8. The summed E-state index contributed by atoms with van der Waals surface area (Å²) in [6.45, 7) is 0. The molecule has 8 heteroatoms. The summed E-state index contributed by atoms with van der Waals surface area (Å²) in [5.41, 5.74) is 2.27. The van der Waals surface area contributed by atoms with Gasteiger partial charge in [-0.2, -0.15) is 5.10 Å². The minimum absolute atomic E-state index is 0.133. The minimum atomic E-state index is -1.03. The fourth-order valence-electron chi connectivity index (χ4n) is 3.38. The van der Waals surface area contributed by atoms with Gasteiger partial charge in [0.05, 0.1) is 39.5 Å². The number of aliphatic carboxylic acids is 1. The molecule has 8 nitrogen and oxygen atoms in total. The molecule has 0 bridgehead atoms. The molecule has 1 aliphatic rings. The molecule has 2 aromatic rings. The number of carboxylic acids is 1. The van der Waals surface area contributed by atoms with E-state index in [-0.39, 0.29) is 24.8 Å². The van der Waals surface area contributed by atoms with Crippen LogP contribution in [0.3, 0.4) is 0 Å². The number of hydrazone groups is 1. The normalized spacial score (nSPS) is 15.5. The lowest BCUT2D eigenvalue weighted by atomic mass is 9.97. The number of methoxy groups -OCH3 is 3. The predicted molar refractivity (Wildman–Crippen MR) is 110 cm³/mol. The van der Waals surface area contributed by atoms with Crippen molar-refractivity contribution in [2.75, 3.05) is 21.3 Å². The van der Waals surface area contributed by atoms with E-state index in [4.69, 9.17) is 19.3 Å². The van der Waals surface area contributed by atoms with E-state index in [9.17, 15) is 9.59 Å². The maximum atomic E-state index is 12.8. The average molecular weight is 412 g/mol. The van der Waals surface area contributed by atoms with Crippen LogP contribution in [0.5, 0.6) is 17.2 Å². The van der Waals surface area contributed by atoms with Crippen molar-refractivity contribution < 1.29 is 28.9 Å². The average Bonchev–Trinajstić information content (AvgIpc) is 3.22. The van der Waals surface area contributed by atoms with Crippen LogP contribution in [0.4, 0.5) is 0 Å². The zero-order valence-corrected chi connectivity index (χ0v) is 17.1. The number of carbonyl (C=O) groups excluding carboxylic acids is 1. The van der Waals surface area contributed by atoms with Gasteiger partial charge in [0.25, 0.3) is 0 Å². The molecule has 0 fully saturated rings. The Morgan fingerprint density at radius 2 is 1.77 bits per heavy atom. The smallest absolute Gasteiger partial charge is 0.303 e. The van der Waals surface area contributed by atoms with Gasteiger partial charge in [-0.05, 0) is 29.8 Å². The van der Waals surface area contributed by atoms with E-state index in [0.29, 0.717) is 29.4 Å². The first-order chi connectivity index (χ1) is 14.5. The Balaban J connectivity index is 1.98. The van der Waals surface area contributed by atoms with Gasteiger partial charge in [-0.15, -0.1) is 0 Å². The second-order valence-electron chi connectivity index (χ2n) is 6.74. The second kappa shape index (κ2) is 9.30. The summed E-state index contributed by atoms with van der Waals surface area (Å²) < 4.78 is 16.1. The van der Waals surface area contributed by atoms with E-state index in [1.165, 1.54) is 5.01 Å². The fourth-order valence-corrected chi connectivity index (χ4v) is 3.38. The first-order valence-corrected chi connectivity index (χ1v) is 9.44. The quantitative estimate of drug-likeness (QED) is 0.715. The van der Waals surface area contributed by atoms with Crippen LogP contribution in [0.1, 0.15) is 36.4 Å². The summed E-state index contributed by atoms with van der Waals surface area (Å²) in [5, 5.41) is 14.9. The molecule has 0 saturated carbocycles. The standard InChI is InChI=1S/C22H24N2O6/c1-28-15-6-4-5-14(11-15)19-13-18(23-24(19)21(25)9-10-22(26)27)17-8-7-16(29-2)12-20(17)30-3/h4-8,11-12,19H,9-10,13H2,1-3H3,(H,26,27)/t19-/m1/s1. The fraction of sp³-hybridized carbons (Fsp3) is 0.318. The highest BCUT2D eigenvalue weighted by Crippen LogP contribution is 2.37. The number of carbonyl (C=O) groups is 2. The van der Waals surface area contributed by atoms with Crippen LogP contribution in [-0.4, -0.2) is 49.0 Å². The van der Waals surface area contributed by atoms with Crippen LogP contribution < -0.4 is 14.2 Å². The second-order valence-corrected chi connectivity index (χ2v) is 6.74. The predicted octanol–water partition coefficient (Wildman–Crippen LogP) is 3.25. The monoisotopic (exact) mass is 412 g/mol. The van der Waals surface area contributed by atoms with E-state index in [0.717, 1.165) is 11.1 Å². The third-order valence-electron chi connectivity index (χ3n) is 4.92. The van der Waals surface area contributed by atoms with E-state index in [1.807, 2.05) is 30.3 Å². The number of hydrogen-bond donors (Lipinski definition) is 1. The molecule has 1 aliphatic heterocycles. The molecule has 158 valence electrons. The van der Waals surface area contributed by atoms with Gasteiger partial charge in [-0.1, -0.05) is 12.1 Å². The molecule has 0 aliphatic carbocycles. The van der Waals surface area contributed by atoms with Crippen molar-refractivity contribution >= 4 is 17.6 Å². The van der Waals surface area contributed by atoms with Crippen molar-refractivity contribution in [1.82, 2.24) is 5.01 Å². The van der Waals surface area contributed by atoms with Crippen LogP contribution in [0.2, 0.25) is 0 Å². The molecule has 30 heavy (non-hydrogen) atoms. The Morgan fingerprint density at radius 3 is 2.43 bits per heavy atom. The SMILES string of the molecule is COc1cccc([C@H]2CC(c3ccc(OC)cc3OC)=NN2C(=O)CCC(=O)O)c1. The van der Waals surface area contributed by atoms with E-state index in [2.05, 4.69) is 5.10 Å². The number of nitrogens with zero attached hydrogens (tertiary/aromatic N) is 2. The number of amides is 1. The lowest BCUT2D eigenvalue weighted by Crippen LogP contribution is -2.27. The maximum Gasteiger partial charge on any atom is 0.303 e. The first kappa shape index (κ1) is 21.2. The maximum absolute atomic E-state index is 12.8. The van der Waals surface area contributed by atoms with Gasteiger partial charge in [-0.25, -0.2) is 5.01 Å². The number of ether oxygens (including phenoxy) is 3. The highest BCUT2D eigenvalue weighted by molar-refractivity contribution is 6.05. The molecular formula is C22H24N2O6. The summed E-state index contributed by atoms with van der Waals surface area (Å²) in [5.74, 6) is 0.514. The first-order valence-electron chi connectivity index (χ1n) is 9.44. The van der Waals surface area contributed by atoms with Gasteiger partial charge < -0.3 is 19.3 Å². The van der Waals surface area contributed by atoms with Crippen molar-refractivity contribution in [3.05, 3.63) is 53.6 Å². The molecule has 2 aromatic carbocycles. The van der Waals surface area contributed by atoms with Crippen molar-refractivity contribution in [1.29, 1.82) is 0 Å². The van der Waals surface area contributed by atoms with Crippen molar-refractivity contribution in [3.63, 3.8) is 0 Å². The lowest BCUT2D eigenvalue weighted by molar-refractivity contribution is -0.141. The Kier molecular flexibility index (Phi) is 6.56. The van der Waals surface area contributed by atoms with Gasteiger partial charge in [0.1, 0.15) is 17.2 Å². The van der Waals surface area contributed by atoms with Gasteiger partial charge in [0.15, 0.2) is 0 Å². The molecule has 1 amide bonds. The van der Waals surface area contributed by atoms with E-state index < -0.39 is 5.97 Å². The zero-order valence-electron chi connectivity index (χ0n) is 17.1. The summed E-state index contributed by atoms with van der Waals surface area (Å²) in [7, 11) is 4.71. The summed E-state index contributed by atoms with van der Waals surface area (Å²) in [6, 6.07) is 12.4. The Bertz CT molecular complexity index is 972. The molecule has 0 saturated heterocycles. The third-order valence-corrected chi connectivity index (χ3v) is 4.92. The number of benzene rings is 2. The van der Waals surface area contributed by atoms with Crippen molar-refractivity contribution in [2.45, 2.75) is 25.3 Å². The third kappa shape index (κ3) is 4.53. The van der Waals surface area contributed by atoms with Gasteiger partial charge >= 0.3 is 5.97 Å². The highest BCUT2D eigenvalue weighted by atomic mass is 16.5. The van der Waals surface area contributed by atoms with Crippen LogP contribution in [-0.2, 0) is 9.59 Å². The molecular weight excluding hydrogens is 388 g/mol. The van der Waals surface area contributed by atoms with Crippen LogP contribution in [0.15, 0.2) is 47.6 Å². The molecule has 0 radical (unpaired) electrons. The molecule has 0 spiro atoms. The topological polar surface area (TPSA) is 97.7 Å². The van der Waals surface area contributed by atoms with Crippen LogP contribution in [0, 0.1) is 0 Å². The molecule has 1 N–H and O–H groups in total. The van der Waals surface area contributed by atoms with Crippen molar-refractivity contribution in [2.24, 2.45) is 5.10 Å². The Morgan fingerprint density at radius 1 is 1.03 bits per heavy atom. The van der Waals surface area contributed by atoms with Crippen LogP contribution in [0.25, 0.3) is 0 Å². The highest BCUT2D eigenvalue weighted by Gasteiger charge is 2.34. The Hall–Kier alpha value is -3.55. The van der Waals surface area contributed by atoms with E-state index in [1.54, 1.807) is 33.5 Å². The molecule has 1 atom stereocenters. The Labute approximate surface area is 174 Å². The zero-order chi connectivity index (χ0) is 21.7. The summed E-state index contributed by atoms with van der Waals surface area (Å²) in [6.07, 6.45) is 0.0673. The summed E-state index contributed by atoms with van der Waals surface area (Å²) >= 11 is 0. The van der Waals surface area contributed by atoms with Gasteiger partial charge in [0.2, 0.25) is 5.91 Å². The molecule has 0 aromatic heterocycles. The summed E-state index contributed by atoms with van der Waals surface area (Å²) in [4.78, 5) is 23.7. The molecule has 3 rings (SSSR count). The molecule has 0 unspecified atom stereocenters. The van der Waals surface area contributed by atoms with Gasteiger partial charge in [0, 0.05) is 24.5 Å². The molecule has 1 heterocycles. The van der Waals surface area contributed by atoms with Crippen molar-refractivity contribution in [3.8, 4) is 17.2 Å². The minimum Gasteiger partial charge on any atom is -0.497 e. The number of hydrogen-bond acceptors (Lipinski definition) is 6. The van der Waals surface area contributed by atoms with E-state index >= 15 is 0 Å². The largest absolute Gasteiger partial charge is 0.497 e. The lowest BCUT2D eigenvalue weighted by Gasteiger charge is -2.22. The number of carboxylic acid groups (broad SMARTS) is 1. The van der Waals surface area contributed by atoms with Gasteiger partial charge in [-0.3, -0.25) is 9.59 Å².